The summed E-state index contributed by atoms with van der Waals surface area (Å²) in [7, 11) is 1.64. The summed E-state index contributed by atoms with van der Waals surface area (Å²) in [5.41, 5.74) is 2.65. The van der Waals surface area contributed by atoms with Crippen molar-refractivity contribution in [3.8, 4) is 0 Å². The second kappa shape index (κ2) is 9.21. The van der Waals surface area contributed by atoms with Crippen LogP contribution in [0.4, 0.5) is 5.82 Å². The highest BCUT2D eigenvalue weighted by atomic mass is 35.5. The zero-order valence-electron chi connectivity index (χ0n) is 18.5. The van der Waals surface area contributed by atoms with E-state index in [1.165, 1.54) is 6.33 Å². The molecule has 2 N–H and O–H groups in total. The predicted molar refractivity (Wildman–Crippen MR) is 134 cm³/mol. The Balaban J connectivity index is 1.52. The molecule has 1 aliphatic rings. The van der Waals surface area contributed by atoms with E-state index in [1.807, 2.05) is 31.2 Å². The van der Waals surface area contributed by atoms with E-state index in [-0.39, 0.29) is 18.1 Å². The number of halogens is 2. The first-order valence-electron chi connectivity index (χ1n) is 10.8. The van der Waals surface area contributed by atoms with Crippen LogP contribution in [0.1, 0.15) is 29.1 Å². The van der Waals surface area contributed by atoms with Crippen LogP contribution in [0, 0.1) is 0 Å². The molecule has 0 saturated carbocycles. The summed E-state index contributed by atoms with van der Waals surface area (Å²) in [5, 5.41) is 5.09. The first kappa shape index (κ1) is 22.6. The summed E-state index contributed by atoms with van der Waals surface area (Å²) in [6.07, 6.45) is 5.12. The third-order valence-electron chi connectivity index (χ3n) is 5.95. The number of amides is 1. The predicted octanol–water partition coefficient (Wildman–Crippen LogP) is 5.01. The molecule has 4 aromatic rings. The highest BCUT2D eigenvalue weighted by molar-refractivity contribution is 6.35. The van der Waals surface area contributed by atoms with Crippen molar-refractivity contribution >= 4 is 56.9 Å². The molecule has 0 spiro atoms. The van der Waals surface area contributed by atoms with Gasteiger partial charge in [-0.3, -0.25) is 4.79 Å². The van der Waals surface area contributed by atoms with Crippen LogP contribution in [0.5, 0.6) is 0 Å². The number of nitrogens with one attached hydrogen (secondary N) is 2. The normalized spacial score (nSPS) is 15.2. The molecule has 2 aromatic carbocycles. The maximum absolute atomic E-state index is 12.9. The van der Waals surface area contributed by atoms with Crippen LogP contribution in [-0.2, 0) is 4.74 Å². The van der Waals surface area contributed by atoms with Crippen molar-refractivity contribution in [1.29, 1.82) is 0 Å². The number of hydrogen-bond donors (Lipinski definition) is 2. The zero-order valence-corrected chi connectivity index (χ0v) is 20.1. The summed E-state index contributed by atoms with van der Waals surface area (Å²) < 4.78 is 5.63. The Kier molecular flexibility index (Phi) is 6.12. The van der Waals surface area contributed by atoms with E-state index in [0.29, 0.717) is 51.2 Å². The quantitative estimate of drug-likeness (QED) is 0.364. The topological polar surface area (TPSA) is 96.0 Å². The van der Waals surface area contributed by atoms with Crippen LogP contribution in [0.15, 0.2) is 48.8 Å². The van der Waals surface area contributed by atoms with Crippen molar-refractivity contribution in [2.45, 2.75) is 19.1 Å². The van der Waals surface area contributed by atoms with Gasteiger partial charge in [0.15, 0.2) is 0 Å². The van der Waals surface area contributed by atoms with Crippen molar-refractivity contribution in [1.82, 2.24) is 24.8 Å². The standard InChI is InChI=1S/C24H22Cl2N6O2/c1-13(34-2)21(23-29-18-6-5-14(25)9-20(18)30-23)31-22-16-10-17(26)15(11-19(16)27-12-28-22)24(33)32-7-3-4-8-32/h3-6,9-13,21H,7-8H2,1-2H3,(H,29,30)(H,27,28,31)/t13-,21-/m1/s1. The average molecular weight is 497 g/mol. The number of anilines is 1. The van der Waals surface area contributed by atoms with Gasteiger partial charge in [-0.25, -0.2) is 15.0 Å². The number of aromatic amines is 1. The second-order valence-electron chi connectivity index (χ2n) is 8.10. The Labute approximate surface area is 206 Å². The van der Waals surface area contributed by atoms with E-state index in [1.54, 1.807) is 30.2 Å². The Morgan fingerprint density at radius 1 is 1.15 bits per heavy atom. The second-order valence-corrected chi connectivity index (χ2v) is 8.94. The molecule has 1 aliphatic heterocycles. The number of aromatic nitrogens is 4. The molecule has 1 amide bonds. The van der Waals surface area contributed by atoms with Gasteiger partial charge in [-0.05, 0) is 37.3 Å². The van der Waals surface area contributed by atoms with E-state index in [4.69, 9.17) is 32.9 Å². The molecule has 2 atom stereocenters. The molecule has 10 heteroatoms. The fourth-order valence-corrected chi connectivity index (χ4v) is 4.43. The molecule has 3 heterocycles. The summed E-state index contributed by atoms with van der Waals surface area (Å²) in [5.74, 6) is 1.11. The molecule has 5 rings (SSSR count). The maximum Gasteiger partial charge on any atom is 0.256 e. The minimum Gasteiger partial charge on any atom is -0.379 e. The van der Waals surface area contributed by atoms with Gasteiger partial charge in [0.05, 0.1) is 33.2 Å². The summed E-state index contributed by atoms with van der Waals surface area (Å²) in [6, 6.07) is 8.57. The van der Waals surface area contributed by atoms with E-state index in [2.05, 4.69) is 20.3 Å². The third-order valence-corrected chi connectivity index (χ3v) is 6.50. The molecule has 8 nitrogen and oxygen atoms in total. The Morgan fingerprint density at radius 2 is 1.94 bits per heavy atom. The van der Waals surface area contributed by atoms with Gasteiger partial charge in [0.1, 0.15) is 24.0 Å². The van der Waals surface area contributed by atoms with Crippen LogP contribution in [0.2, 0.25) is 10.0 Å². The minimum absolute atomic E-state index is 0.128. The van der Waals surface area contributed by atoms with Gasteiger partial charge in [0, 0.05) is 30.6 Å². The van der Waals surface area contributed by atoms with Gasteiger partial charge in [-0.2, -0.15) is 0 Å². The van der Waals surface area contributed by atoms with Crippen molar-refractivity contribution in [2.75, 3.05) is 25.5 Å². The number of imidazole rings is 1. The molecule has 0 saturated heterocycles. The van der Waals surface area contributed by atoms with E-state index >= 15 is 0 Å². The number of carbonyl (C=O) groups excluding carboxylic acids is 1. The van der Waals surface area contributed by atoms with Gasteiger partial charge in [-0.15, -0.1) is 0 Å². The number of carbonyl (C=O) groups is 1. The largest absolute Gasteiger partial charge is 0.379 e. The zero-order chi connectivity index (χ0) is 23.8. The lowest BCUT2D eigenvalue weighted by molar-refractivity contribution is 0.0800. The first-order chi connectivity index (χ1) is 16.4. The van der Waals surface area contributed by atoms with Gasteiger partial charge in [-0.1, -0.05) is 35.4 Å². The molecule has 2 aromatic heterocycles. The van der Waals surface area contributed by atoms with Crippen LogP contribution in [0.25, 0.3) is 21.9 Å². The Morgan fingerprint density at radius 3 is 2.71 bits per heavy atom. The van der Waals surface area contributed by atoms with E-state index < -0.39 is 0 Å². The monoisotopic (exact) mass is 496 g/mol. The lowest BCUT2D eigenvalue weighted by atomic mass is 10.1. The minimum atomic E-state index is -0.356. The molecule has 0 radical (unpaired) electrons. The molecule has 174 valence electrons. The fraction of sp³-hybridized carbons (Fsp3) is 0.250. The number of fused-ring (bicyclic) bond motifs is 2. The number of ether oxygens (including phenoxy) is 1. The van der Waals surface area contributed by atoms with Crippen molar-refractivity contribution in [2.24, 2.45) is 0 Å². The molecular formula is C24H22Cl2N6O2. The van der Waals surface area contributed by atoms with Crippen molar-refractivity contribution in [3.05, 3.63) is 70.2 Å². The number of methoxy groups -OCH3 is 1. The van der Waals surface area contributed by atoms with E-state index in [9.17, 15) is 4.79 Å². The smallest absolute Gasteiger partial charge is 0.256 e. The van der Waals surface area contributed by atoms with Gasteiger partial charge in [0.2, 0.25) is 0 Å². The van der Waals surface area contributed by atoms with Crippen molar-refractivity contribution < 1.29 is 9.53 Å². The molecule has 0 bridgehead atoms. The third kappa shape index (κ3) is 4.20. The van der Waals surface area contributed by atoms with Gasteiger partial charge in [0.25, 0.3) is 5.91 Å². The van der Waals surface area contributed by atoms with Crippen molar-refractivity contribution in [3.63, 3.8) is 0 Å². The summed E-state index contributed by atoms with van der Waals surface area (Å²) in [6.45, 7) is 3.08. The molecule has 34 heavy (non-hydrogen) atoms. The lowest BCUT2D eigenvalue weighted by Gasteiger charge is -2.23. The van der Waals surface area contributed by atoms with Crippen LogP contribution in [-0.4, -0.2) is 57.0 Å². The summed E-state index contributed by atoms with van der Waals surface area (Å²) >= 11 is 12.7. The number of nitrogens with zero attached hydrogens (tertiary/aromatic N) is 4. The maximum atomic E-state index is 12.9. The fourth-order valence-electron chi connectivity index (χ4n) is 4.01. The average Bonchev–Trinajstić information content (AvgIpc) is 3.51. The molecule has 0 unspecified atom stereocenters. The highest BCUT2D eigenvalue weighted by Gasteiger charge is 2.25. The first-order valence-corrected chi connectivity index (χ1v) is 11.5. The number of benzene rings is 2. The molecule has 0 fully saturated rings. The van der Waals surface area contributed by atoms with Crippen LogP contribution < -0.4 is 5.32 Å². The Bertz CT molecular complexity index is 1410. The Hall–Kier alpha value is -3.20. The van der Waals surface area contributed by atoms with Gasteiger partial charge < -0.3 is 19.9 Å². The lowest BCUT2D eigenvalue weighted by Crippen LogP contribution is -2.28. The van der Waals surface area contributed by atoms with Crippen LogP contribution >= 0.6 is 23.2 Å². The van der Waals surface area contributed by atoms with Gasteiger partial charge >= 0.3 is 0 Å². The summed E-state index contributed by atoms with van der Waals surface area (Å²) in [4.78, 5) is 31.5. The van der Waals surface area contributed by atoms with Crippen LogP contribution in [0.3, 0.4) is 0 Å². The molecular weight excluding hydrogens is 475 g/mol. The molecule has 0 aliphatic carbocycles. The highest BCUT2D eigenvalue weighted by Crippen LogP contribution is 2.31. The van der Waals surface area contributed by atoms with E-state index in [0.717, 1.165) is 11.0 Å². The number of hydrogen-bond acceptors (Lipinski definition) is 6. The SMILES string of the molecule is CO[C@H](C)[C@@H](Nc1ncnc2cc(C(=O)N3CC=CC3)c(Cl)cc12)c1nc2ccc(Cl)cc2[nH]1. The number of rotatable bonds is 6. The number of H-pyrrole nitrogens is 1.